The number of amides is 1. The fourth-order valence-electron chi connectivity index (χ4n) is 4.81. The second-order valence-corrected chi connectivity index (χ2v) is 13.2. The van der Waals surface area contributed by atoms with Crippen LogP contribution >= 0.6 is 0 Å². The van der Waals surface area contributed by atoms with Gasteiger partial charge in [-0.2, -0.15) is 0 Å². The highest BCUT2D eigenvalue weighted by Gasteiger charge is 2.63. The Kier molecular flexibility index (Phi) is 3.98. The maximum absolute atomic E-state index is 12.8. The average molecular weight is 326 g/mol. The van der Waals surface area contributed by atoms with Crippen molar-refractivity contribution in [2.75, 3.05) is 0 Å². The first-order chi connectivity index (χ1) is 10.1. The second-order valence-electron chi connectivity index (χ2n) is 8.71. The molecule has 0 aromatic rings. The predicted molar refractivity (Wildman–Crippen MR) is 88.9 cm³/mol. The van der Waals surface area contributed by atoms with Crippen LogP contribution in [-0.4, -0.2) is 43.1 Å². The number of fused-ring (bicyclic) bond motifs is 3. The van der Waals surface area contributed by atoms with Crippen molar-refractivity contribution in [1.82, 2.24) is 4.90 Å². The zero-order valence-corrected chi connectivity index (χ0v) is 15.9. The Morgan fingerprint density at radius 3 is 2.55 bits per heavy atom. The fourth-order valence-corrected chi connectivity index (χ4v) is 6.08. The highest BCUT2D eigenvalue weighted by atomic mass is 28.4. The molecule has 3 aliphatic rings. The zero-order chi connectivity index (χ0) is 16.3. The smallest absolute Gasteiger partial charge is 0.232 e. The number of carbonyl (C=O) groups is 1. The number of rotatable bonds is 3. The summed E-state index contributed by atoms with van der Waals surface area (Å²) in [7, 11) is -1.63. The SMILES string of the molecule is C[C@@H](O[Si](C)(C)C)[C@H]1C(=O)N2[C@@H]1[C@H]1CCCC[C@H]1OC2(C)C. The maximum Gasteiger partial charge on any atom is 0.232 e. The van der Waals surface area contributed by atoms with Crippen LogP contribution in [0.4, 0.5) is 0 Å². The van der Waals surface area contributed by atoms with Gasteiger partial charge in [-0.15, -0.1) is 0 Å². The van der Waals surface area contributed by atoms with Gasteiger partial charge in [0, 0.05) is 5.92 Å². The molecule has 1 aliphatic carbocycles. The molecule has 4 nitrogen and oxygen atoms in total. The van der Waals surface area contributed by atoms with E-state index in [1.54, 1.807) is 0 Å². The molecule has 5 heteroatoms. The van der Waals surface area contributed by atoms with Gasteiger partial charge in [0.15, 0.2) is 8.32 Å². The lowest BCUT2D eigenvalue weighted by Gasteiger charge is -2.64. The number of carbonyl (C=O) groups excluding carboxylic acids is 1. The van der Waals surface area contributed by atoms with Crippen LogP contribution in [0.2, 0.25) is 19.6 Å². The van der Waals surface area contributed by atoms with Crippen LogP contribution < -0.4 is 0 Å². The largest absolute Gasteiger partial charge is 0.414 e. The first kappa shape index (κ1) is 16.5. The third-order valence-corrected chi connectivity index (χ3v) is 6.52. The Morgan fingerprint density at radius 1 is 1.27 bits per heavy atom. The van der Waals surface area contributed by atoms with Gasteiger partial charge >= 0.3 is 0 Å². The summed E-state index contributed by atoms with van der Waals surface area (Å²) in [6, 6.07) is 0.313. The Balaban J connectivity index is 1.83. The standard InChI is InChI=1S/C17H31NO3Si/c1-11(21-22(4,5)6)14-15-12-9-7-8-10-13(12)20-17(2,3)18(15)16(14)19/h11-15H,7-10H2,1-6H3/t11-,12+,13-,14-,15-/m1/s1. The molecule has 0 unspecified atom stereocenters. The molecule has 1 amide bonds. The zero-order valence-electron chi connectivity index (χ0n) is 14.9. The molecular formula is C17H31NO3Si. The molecule has 0 aromatic carbocycles. The minimum Gasteiger partial charge on any atom is -0.414 e. The predicted octanol–water partition coefficient (Wildman–Crippen LogP) is 3.38. The summed E-state index contributed by atoms with van der Waals surface area (Å²) in [4.78, 5) is 14.8. The van der Waals surface area contributed by atoms with Gasteiger partial charge in [0.1, 0.15) is 5.72 Å². The van der Waals surface area contributed by atoms with Gasteiger partial charge in [0.2, 0.25) is 5.91 Å². The quantitative estimate of drug-likeness (QED) is 0.590. The highest BCUT2D eigenvalue weighted by molar-refractivity contribution is 6.69. The molecule has 2 saturated heterocycles. The van der Waals surface area contributed by atoms with Gasteiger partial charge in [0.25, 0.3) is 0 Å². The topological polar surface area (TPSA) is 38.8 Å². The molecule has 3 rings (SSSR count). The lowest BCUT2D eigenvalue weighted by atomic mass is 9.67. The molecule has 2 aliphatic heterocycles. The number of hydrogen-bond donors (Lipinski definition) is 0. The van der Waals surface area contributed by atoms with E-state index in [4.69, 9.17) is 9.16 Å². The van der Waals surface area contributed by atoms with Gasteiger partial charge in [0.05, 0.1) is 24.2 Å². The van der Waals surface area contributed by atoms with Gasteiger partial charge in [-0.25, -0.2) is 0 Å². The number of nitrogens with zero attached hydrogens (tertiary/aromatic N) is 1. The van der Waals surface area contributed by atoms with Gasteiger partial charge in [-0.1, -0.05) is 12.8 Å². The van der Waals surface area contributed by atoms with Crippen LogP contribution in [0.1, 0.15) is 46.5 Å². The van der Waals surface area contributed by atoms with Crippen molar-refractivity contribution >= 4 is 14.2 Å². The van der Waals surface area contributed by atoms with E-state index < -0.39 is 14.0 Å². The molecular weight excluding hydrogens is 294 g/mol. The average Bonchev–Trinajstić information content (AvgIpc) is 2.33. The van der Waals surface area contributed by atoms with Crippen LogP contribution in [0.5, 0.6) is 0 Å². The molecule has 0 N–H and O–H groups in total. The van der Waals surface area contributed by atoms with E-state index in [2.05, 4.69) is 26.6 Å². The summed E-state index contributed by atoms with van der Waals surface area (Å²) in [6.07, 6.45) is 5.19. The van der Waals surface area contributed by atoms with E-state index in [1.165, 1.54) is 19.3 Å². The van der Waals surface area contributed by atoms with E-state index in [9.17, 15) is 4.79 Å². The summed E-state index contributed by atoms with van der Waals surface area (Å²) in [5.41, 5.74) is -0.463. The van der Waals surface area contributed by atoms with E-state index in [0.717, 1.165) is 6.42 Å². The van der Waals surface area contributed by atoms with Crippen molar-refractivity contribution in [3.8, 4) is 0 Å². The van der Waals surface area contributed by atoms with Gasteiger partial charge in [-0.3, -0.25) is 4.79 Å². The lowest BCUT2D eigenvalue weighted by Crippen LogP contribution is -2.78. The summed E-state index contributed by atoms with van der Waals surface area (Å²) >= 11 is 0. The molecule has 5 atom stereocenters. The maximum atomic E-state index is 12.8. The van der Waals surface area contributed by atoms with E-state index >= 15 is 0 Å². The summed E-state index contributed by atoms with van der Waals surface area (Å²) in [6.45, 7) is 12.8. The van der Waals surface area contributed by atoms with Crippen molar-refractivity contribution in [2.24, 2.45) is 11.8 Å². The van der Waals surface area contributed by atoms with Crippen molar-refractivity contribution < 1.29 is 14.0 Å². The molecule has 0 bridgehead atoms. The third kappa shape index (κ3) is 2.65. The van der Waals surface area contributed by atoms with Crippen LogP contribution in [0, 0.1) is 11.8 Å². The Morgan fingerprint density at radius 2 is 1.91 bits per heavy atom. The number of β-lactam (4-membered cyclic amide) rings is 1. The van der Waals surface area contributed by atoms with Crippen molar-refractivity contribution in [3.63, 3.8) is 0 Å². The Labute approximate surface area is 135 Å². The van der Waals surface area contributed by atoms with E-state index in [0.29, 0.717) is 18.1 Å². The first-order valence-corrected chi connectivity index (χ1v) is 12.2. The minimum atomic E-state index is -1.63. The highest BCUT2D eigenvalue weighted by Crippen LogP contribution is 2.50. The monoisotopic (exact) mass is 325 g/mol. The second kappa shape index (κ2) is 5.31. The number of hydrogen-bond acceptors (Lipinski definition) is 3. The molecule has 22 heavy (non-hydrogen) atoms. The first-order valence-electron chi connectivity index (χ1n) is 8.81. The molecule has 0 aromatic heterocycles. The van der Waals surface area contributed by atoms with Crippen LogP contribution in [0.25, 0.3) is 0 Å². The third-order valence-electron chi connectivity index (χ3n) is 5.45. The van der Waals surface area contributed by atoms with Crippen LogP contribution in [0.3, 0.4) is 0 Å². The normalized spacial score (nSPS) is 38.8. The van der Waals surface area contributed by atoms with Crippen molar-refractivity contribution in [2.45, 2.75) is 90.1 Å². The molecule has 0 spiro atoms. The fraction of sp³-hybridized carbons (Fsp3) is 0.941. The summed E-state index contributed by atoms with van der Waals surface area (Å²) in [5.74, 6) is 0.752. The number of ether oxygens (including phenoxy) is 1. The van der Waals surface area contributed by atoms with E-state index in [1.807, 2.05) is 18.7 Å². The molecule has 0 radical (unpaired) electrons. The molecule has 126 valence electrons. The van der Waals surface area contributed by atoms with Gasteiger partial charge < -0.3 is 14.1 Å². The molecule has 2 heterocycles. The molecule has 1 saturated carbocycles. The summed E-state index contributed by atoms with van der Waals surface area (Å²) < 4.78 is 12.5. The lowest BCUT2D eigenvalue weighted by molar-refractivity contribution is -0.285. The van der Waals surface area contributed by atoms with Crippen molar-refractivity contribution in [3.05, 3.63) is 0 Å². The molecule has 3 fully saturated rings. The van der Waals surface area contributed by atoms with E-state index in [-0.39, 0.29) is 17.9 Å². The van der Waals surface area contributed by atoms with Gasteiger partial charge in [-0.05, 0) is 53.3 Å². The minimum absolute atomic E-state index is 0.0249. The summed E-state index contributed by atoms with van der Waals surface area (Å²) in [5, 5.41) is 0. The Hall–Kier alpha value is -0.393. The van der Waals surface area contributed by atoms with Crippen LogP contribution in [0.15, 0.2) is 0 Å². The van der Waals surface area contributed by atoms with Crippen molar-refractivity contribution in [1.29, 1.82) is 0 Å². The Bertz CT molecular complexity index is 459. The van der Waals surface area contributed by atoms with Crippen LogP contribution in [-0.2, 0) is 14.0 Å².